The van der Waals surface area contributed by atoms with E-state index in [0.29, 0.717) is 24.6 Å². The third kappa shape index (κ3) is 2.98. The molecule has 1 N–H and O–H groups in total. The zero-order valence-electron chi connectivity index (χ0n) is 14.0. The molecule has 0 bridgehead atoms. The topological polar surface area (TPSA) is 60.7 Å². The Bertz CT molecular complexity index is 915. The molecule has 1 atom stereocenters. The Hall–Kier alpha value is -2.79. The van der Waals surface area contributed by atoms with Crippen molar-refractivity contribution in [2.75, 3.05) is 13.7 Å². The molecule has 0 saturated heterocycles. The van der Waals surface area contributed by atoms with Crippen LogP contribution >= 0.6 is 0 Å². The normalized spacial score (nSPS) is 16.3. The molecule has 25 heavy (non-hydrogen) atoms. The van der Waals surface area contributed by atoms with Gasteiger partial charge in [0, 0.05) is 18.1 Å². The summed E-state index contributed by atoms with van der Waals surface area (Å²) in [6, 6.07) is 15.4. The van der Waals surface area contributed by atoms with Crippen molar-refractivity contribution in [2.45, 2.75) is 19.1 Å². The van der Waals surface area contributed by atoms with E-state index in [1.165, 1.54) is 0 Å². The molecule has 128 valence electrons. The zero-order valence-corrected chi connectivity index (χ0v) is 14.0. The Balaban J connectivity index is 1.57. The summed E-state index contributed by atoms with van der Waals surface area (Å²) in [6.07, 6.45) is 0.738. The highest BCUT2D eigenvalue weighted by Crippen LogP contribution is 2.28. The standard InChI is InChI=1S/C20H19NO4/c1-23-12-16-15-7-3-5-9-18(15)25-19(16)20(22)21-14-10-13-6-2-4-8-17(13)24-11-14/h2-9,14H,10-12H2,1H3,(H,21,22)/t14-/m0/s1. The van der Waals surface area contributed by atoms with Crippen LogP contribution in [0.15, 0.2) is 52.9 Å². The Kier molecular flexibility index (Phi) is 4.15. The van der Waals surface area contributed by atoms with Gasteiger partial charge in [0.15, 0.2) is 5.76 Å². The lowest BCUT2D eigenvalue weighted by atomic mass is 10.0. The number of furan rings is 1. The Morgan fingerprint density at radius 2 is 2.00 bits per heavy atom. The van der Waals surface area contributed by atoms with E-state index in [1.807, 2.05) is 48.5 Å². The Morgan fingerprint density at radius 3 is 2.88 bits per heavy atom. The largest absolute Gasteiger partial charge is 0.491 e. The molecule has 0 spiro atoms. The summed E-state index contributed by atoms with van der Waals surface area (Å²) >= 11 is 0. The second-order valence-corrected chi connectivity index (χ2v) is 6.13. The molecule has 5 nitrogen and oxygen atoms in total. The summed E-state index contributed by atoms with van der Waals surface area (Å²) in [5.74, 6) is 0.954. The minimum atomic E-state index is -0.240. The fourth-order valence-electron chi connectivity index (χ4n) is 3.24. The van der Waals surface area contributed by atoms with E-state index in [2.05, 4.69) is 5.32 Å². The van der Waals surface area contributed by atoms with Crippen LogP contribution in [0.2, 0.25) is 0 Å². The van der Waals surface area contributed by atoms with Crippen LogP contribution in [0.1, 0.15) is 21.7 Å². The quantitative estimate of drug-likeness (QED) is 0.793. The van der Waals surface area contributed by atoms with Gasteiger partial charge in [0.2, 0.25) is 0 Å². The number of hydrogen-bond donors (Lipinski definition) is 1. The summed E-state index contributed by atoms with van der Waals surface area (Å²) in [5, 5.41) is 3.93. The number of fused-ring (bicyclic) bond motifs is 2. The predicted octanol–water partition coefficient (Wildman–Crippen LogP) is 3.31. The van der Waals surface area contributed by atoms with Crippen molar-refractivity contribution in [3.8, 4) is 5.75 Å². The summed E-state index contributed by atoms with van der Waals surface area (Å²) < 4.78 is 16.8. The fourth-order valence-corrected chi connectivity index (χ4v) is 3.24. The lowest BCUT2D eigenvalue weighted by Crippen LogP contribution is -2.42. The van der Waals surface area contributed by atoms with Crippen molar-refractivity contribution in [2.24, 2.45) is 0 Å². The van der Waals surface area contributed by atoms with Crippen LogP contribution in [0.3, 0.4) is 0 Å². The van der Waals surface area contributed by atoms with Crippen LogP contribution < -0.4 is 10.1 Å². The van der Waals surface area contributed by atoms with Crippen LogP contribution in [0.4, 0.5) is 0 Å². The van der Waals surface area contributed by atoms with Gasteiger partial charge in [-0.3, -0.25) is 4.79 Å². The molecule has 4 rings (SSSR count). The van der Waals surface area contributed by atoms with Gasteiger partial charge in [-0.1, -0.05) is 36.4 Å². The first-order valence-electron chi connectivity index (χ1n) is 8.27. The van der Waals surface area contributed by atoms with Gasteiger partial charge in [-0.2, -0.15) is 0 Å². The van der Waals surface area contributed by atoms with E-state index in [9.17, 15) is 4.79 Å². The zero-order chi connectivity index (χ0) is 17.2. The maximum absolute atomic E-state index is 12.8. The number of hydrogen-bond acceptors (Lipinski definition) is 4. The SMILES string of the molecule is COCc1c(C(=O)N[C@@H]2COc3ccccc3C2)oc2ccccc12. The first-order valence-corrected chi connectivity index (χ1v) is 8.27. The molecule has 1 amide bonds. The molecule has 0 fully saturated rings. The second-order valence-electron chi connectivity index (χ2n) is 6.13. The van der Waals surface area contributed by atoms with Gasteiger partial charge in [-0.25, -0.2) is 0 Å². The van der Waals surface area contributed by atoms with Crippen LogP contribution in [0, 0.1) is 0 Å². The fraction of sp³-hybridized carbons (Fsp3) is 0.250. The molecule has 0 unspecified atom stereocenters. The van der Waals surface area contributed by atoms with Crippen molar-refractivity contribution in [3.05, 3.63) is 65.4 Å². The van der Waals surface area contributed by atoms with Gasteiger partial charge in [-0.05, 0) is 24.1 Å². The number of carbonyl (C=O) groups excluding carboxylic acids is 1. The molecule has 3 aromatic rings. The van der Waals surface area contributed by atoms with Gasteiger partial charge < -0.3 is 19.2 Å². The van der Waals surface area contributed by atoms with Crippen LogP contribution in [0.25, 0.3) is 11.0 Å². The molecule has 1 aliphatic rings. The van der Waals surface area contributed by atoms with Crippen molar-refractivity contribution in [1.29, 1.82) is 0 Å². The first-order chi connectivity index (χ1) is 12.3. The number of carbonyl (C=O) groups is 1. The van der Waals surface area contributed by atoms with Crippen LogP contribution in [-0.2, 0) is 17.8 Å². The van der Waals surface area contributed by atoms with E-state index in [0.717, 1.165) is 28.7 Å². The van der Waals surface area contributed by atoms with Crippen molar-refractivity contribution in [3.63, 3.8) is 0 Å². The Morgan fingerprint density at radius 1 is 1.20 bits per heavy atom. The van der Waals surface area contributed by atoms with Crippen molar-refractivity contribution >= 4 is 16.9 Å². The van der Waals surface area contributed by atoms with E-state index in [-0.39, 0.29) is 11.9 Å². The van der Waals surface area contributed by atoms with Gasteiger partial charge in [0.25, 0.3) is 5.91 Å². The van der Waals surface area contributed by atoms with E-state index in [4.69, 9.17) is 13.9 Å². The lowest BCUT2D eigenvalue weighted by molar-refractivity contribution is 0.0883. The van der Waals surface area contributed by atoms with E-state index < -0.39 is 0 Å². The lowest BCUT2D eigenvalue weighted by Gasteiger charge is -2.25. The third-order valence-corrected chi connectivity index (χ3v) is 4.41. The molecular formula is C20H19NO4. The highest BCUT2D eigenvalue weighted by Gasteiger charge is 2.25. The highest BCUT2D eigenvalue weighted by molar-refractivity contribution is 5.99. The smallest absolute Gasteiger partial charge is 0.287 e. The molecule has 0 aliphatic carbocycles. The maximum atomic E-state index is 12.8. The second kappa shape index (κ2) is 6.61. The minimum Gasteiger partial charge on any atom is -0.491 e. The van der Waals surface area contributed by atoms with Gasteiger partial charge in [-0.15, -0.1) is 0 Å². The van der Waals surface area contributed by atoms with Crippen LogP contribution in [0.5, 0.6) is 5.75 Å². The van der Waals surface area contributed by atoms with E-state index in [1.54, 1.807) is 7.11 Å². The molecule has 1 aromatic heterocycles. The molecule has 2 heterocycles. The molecule has 1 aliphatic heterocycles. The Labute approximate surface area is 145 Å². The van der Waals surface area contributed by atoms with E-state index >= 15 is 0 Å². The third-order valence-electron chi connectivity index (χ3n) is 4.41. The maximum Gasteiger partial charge on any atom is 0.287 e. The van der Waals surface area contributed by atoms with Crippen LogP contribution in [-0.4, -0.2) is 25.7 Å². The highest BCUT2D eigenvalue weighted by atomic mass is 16.5. The number of nitrogens with one attached hydrogen (secondary N) is 1. The van der Waals surface area contributed by atoms with Gasteiger partial charge >= 0.3 is 0 Å². The summed E-state index contributed by atoms with van der Waals surface area (Å²) in [7, 11) is 1.61. The molecule has 5 heteroatoms. The molecular weight excluding hydrogens is 318 g/mol. The van der Waals surface area contributed by atoms with Crippen molar-refractivity contribution < 1.29 is 18.7 Å². The number of methoxy groups -OCH3 is 1. The van der Waals surface area contributed by atoms with Gasteiger partial charge in [0.1, 0.15) is 17.9 Å². The number of benzene rings is 2. The summed E-state index contributed by atoms with van der Waals surface area (Å²) in [4.78, 5) is 12.8. The average molecular weight is 337 g/mol. The van der Waals surface area contributed by atoms with Gasteiger partial charge in [0.05, 0.1) is 12.6 Å². The number of ether oxygens (including phenoxy) is 2. The summed E-state index contributed by atoms with van der Waals surface area (Å²) in [5.41, 5.74) is 2.55. The number of para-hydroxylation sites is 2. The predicted molar refractivity (Wildman–Crippen MR) is 93.8 cm³/mol. The van der Waals surface area contributed by atoms with Crippen molar-refractivity contribution in [1.82, 2.24) is 5.32 Å². The minimum absolute atomic E-state index is 0.0917. The summed E-state index contributed by atoms with van der Waals surface area (Å²) in [6.45, 7) is 0.770. The first kappa shape index (κ1) is 15.7. The molecule has 0 radical (unpaired) electrons. The number of rotatable bonds is 4. The molecule has 2 aromatic carbocycles. The number of amides is 1. The molecule has 0 saturated carbocycles. The monoisotopic (exact) mass is 337 g/mol. The average Bonchev–Trinajstić information content (AvgIpc) is 3.01.